The van der Waals surface area contributed by atoms with Gasteiger partial charge in [-0.05, 0) is 36.2 Å². The number of rotatable bonds is 3. The summed E-state index contributed by atoms with van der Waals surface area (Å²) >= 11 is 14.0. The minimum atomic E-state index is -3.09. The van der Waals surface area contributed by atoms with Crippen LogP contribution in [0.5, 0.6) is 0 Å². The lowest BCUT2D eigenvalue weighted by Gasteiger charge is -2.27. The molecule has 0 aliphatic carbocycles. The monoisotopic (exact) mass is 440 g/mol. The molecule has 0 radical (unpaired) electrons. The van der Waals surface area contributed by atoms with E-state index in [0.717, 1.165) is 16.6 Å². The molecule has 0 saturated carbocycles. The Bertz CT molecular complexity index is 1000. The average molecular weight is 441 g/mol. The van der Waals surface area contributed by atoms with Crippen LogP contribution in [0, 0.1) is 6.92 Å². The highest BCUT2D eigenvalue weighted by Gasteiger charge is 2.47. The molecule has 2 aliphatic heterocycles. The average Bonchev–Trinajstić information content (AvgIpc) is 3.04. The molecule has 0 bridgehead atoms. The maximum absolute atomic E-state index is 12.1. The number of amidine groups is 1. The highest BCUT2D eigenvalue weighted by molar-refractivity contribution is 8.13. The number of fused-ring (bicyclic) bond motifs is 1. The van der Waals surface area contributed by atoms with Crippen molar-refractivity contribution >= 4 is 55.7 Å². The number of benzene rings is 2. The van der Waals surface area contributed by atoms with E-state index in [9.17, 15) is 8.42 Å². The molecule has 4 rings (SSSR count). The van der Waals surface area contributed by atoms with Crippen LogP contribution in [0.3, 0.4) is 0 Å². The minimum absolute atomic E-state index is 0.0941. The predicted octanol–water partition coefficient (Wildman–Crippen LogP) is 4.58. The molecule has 1 saturated heterocycles. The lowest BCUT2D eigenvalue weighted by Crippen LogP contribution is -2.39. The van der Waals surface area contributed by atoms with Gasteiger partial charge in [0.25, 0.3) is 0 Å². The predicted molar refractivity (Wildman–Crippen MR) is 115 cm³/mol. The van der Waals surface area contributed by atoms with Crippen LogP contribution in [-0.4, -0.2) is 37.2 Å². The first-order valence-electron chi connectivity index (χ1n) is 8.53. The van der Waals surface area contributed by atoms with Crippen LogP contribution in [0.25, 0.3) is 0 Å². The number of hydrogen-bond acceptors (Lipinski definition) is 5. The van der Waals surface area contributed by atoms with Crippen LogP contribution in [0.15, 0.2) is 47.5 Å². The van der Waals surface area contributed by atoms with Gasteiger partial charge in [-0.2, -0.15) is 0 Å². The van der Waals surface area contributed by atoms with E-state index >= 15 is 0 Å². The van der Waals surface area contributed by atoms with Gasteiger partial charge in [-0.15, -0.1) is 0 Å². The van der Waals surface area contributed by atoms with Gasteiger partial charge in [0.2, 0.25) is 0 Å². The third-order valence-corrected chi connectivity index (χ3v) is 8.00. The smallest absolute Gasteiger partial charge is 0.164 e. The summed E-state index contributed by atoms with van der Waals surface area (Å²) in [5.74, 6) is 0.957. The molecule has 2 heterocycles. The maximum Gasteiger partial charge on any atom is 0.164 e. The largest absolute Gasteiger partial charge is 0.315 e. The van der Waals surface area contributed by atoms with Gasteiger partial charge in [0.05, 0.1) is 23.6 Å². The Morgan fingerprint density at radius 3 is 2.56 bits per heavy atom. The standard InChI is InChI=1S/C19H18Cl2N2O2S2/c1-12-4-2-3-5-13(12)9-26-19-22-17-10-27(24,25)11-18(17)23(19)16-7-14(20)6-15(21)8-16/h2-8,17-18H,9-11H2,1H3/t17-,18+/m1/s1. The lowest BCUT2D eigenvalue weighted by atomic mass is 10.1. The van der Waals surface area contributed by atoms with Crippen LogP contribution < -0.4 is 4.90 Å². The Balaban J connectivity index is 1.66. The molecular weight excluding hydrogens is 423 g/mol. The maximum atomic E-state index is 12.1. The first-order chi connectivity index (χ1) is 12.8. The summed E-state index contributed by atoms with van der Waals surface area (Å²) in [5, 5.41) is 1.86. The van der Waals surface area contributed by atoms with Gasteiger partial charge in [-0.3, -0.25) is 4.99 Å². The zero-order chi connectivity index (χ0) is 19.2. The van der Waals surface area contributed by atoms with Crippen LogP contribution in [0.2, 0.25) is 10.0 Å². The first-order valence-corrected chi connectivity index (χ1v) is 12.1. The number of hydrogen-bond donors (Lipinski definition) is 0. The first kappa shape index (κ1) is 19.1. The molecule has 27 heavy (non-hydrogen) atoms. The molecule has 142 valence electrons. The number of anilines is 1. The van der Waals surface area contributed by atoms with Crippen molar-refractivity contribution in [1.29, 1.82) is 0 Å². The van der Waals surface area contributed by atoms with E-state index in [1.807, 2.05) is 29.2 Å². The van der Waals surface area contributed by atoms with Crippen LogP contribution in [0.4, 0.5) is 5.69 Å². The molecular formula is C19H18Cl2N2O2S2. The second-order valence-electron chi connectivity index (χ2n) is 6.84. The van der Waals surface area contributed by atoms with Gasteiger partial charge in [0, 0.05) is 21.5 Å². The summed E-state index contributed by atoms with van der Waals surface area (Å²) in [6.45, 7) is 2.09. The summed E-state index contributed by atoms with van der Waals surface area (Å²) in [6.07, 6.45) is 0. The van der Waals surface area contributed by atoms with Gasteiger partial charge >= 0.3 is 0 Å². The molecule has 0 N–H and O–H groups in total. The van der Waals surface area contributed by atoms with Crippen molar-refractivity contribution in [2.45, 2.75) is 24.8 Å². The van der Waals surface area contributed by atoms with Crippen molar-refractivity contribution < 1.29 is 8.42 Å². The SMILES string of the molecule is Cc1ccccc1CSC1=N[C@@H]2CS(=O)(=O)C[C@@H]2N1c1cc(Cl)cc(Cl)c1. The van der Waals surface area contributed by atoms with Crippen LogP contribution in [-0.2, 0) is 15.6 Å². The third-order valence-electron chi connectivity index (χ3n) is 4.85. The molecule has 2 atom stereocenters. The van der Waals surface area contributed by atoms with Crippen LogP contribution >= 0.6 is 35.0 Å². The summed E-state index contributed by atoms with van der Waals surface area (Å²) in [5.41, 5.74) is 3.25. The van der Waals surface area contributed by atoms with E-state index in [1.165, 1.54) is 11.1 Å². The Hall–Kier alpha value is -1.21. The number of aryl methyl sites for hydroxylation is 1. The molecule has 0 unspecified atom stereocenters. The van der Waals surface area contributed by atoms with Crippen molar-refractivity contribution in [3.05, 3.63) is 63.6 Å². The summed E-state index contributed by atoms with van der Waals surface area (Å²) in [7, 11) is -3.09. The molecule has 0 spiro atoms. The quantitative estimate of drug-likeness (QED) is 0.700. The fraction of sp³-hybridized carbons (Fsp3) is 0.316. The molecule has 2 aliphatic rings. The molecule has 0 aromatic heterocycles. The Labute approximate surface area is 173 Å². The van der Waals surface area contributed by atoms with E-state index in [1.54, 1.807) is 17.8 Å². The van der Waals surface area contributed by atoms with Crippen molar-refractivity contribution in [3.63, 3.8) is 0 Å². The van der Waals surface area contributed by atoms with Crippen molar-refractivity contribution in [2.75, 3.05) is 16.4 Å². The van der Waals surface area contributed by atoms with Gasteiger partial charge in [-0.25, -0.2) is 8.42 Å². The fourth-order valence-electron chi connectivity index (χ4n) is 3.53. The van der Waals surface area contributed by atoms with Crippen molar-refractivity contribution in [1.82, 2.24) is 0 Å². The summed E-state index contributed by atoms with van der Waals surface area (Å²) in [4.78, 5) is 6.74. The minimum Gasteiger partial charge on any atom is -0.315 e. The highest BCUT2D eigenvalue weighted by Crippen LogP contribution is 2.38. The van der Waals surface area contributed by atoms with E-state index in [0.29, 0.717) is 10.0 Å². The van der Waals surface area contributed by atoms with E-state index in [2.05, 4.69) is 19.1 Å². The zero-order valence-electron chi connectivity index (χ0n) is 14.6. The molecule has 4 nitrogen and oxygen atoms in total. The molecule has 8 heteroatoms. The van der Waals surface area contributed by atoms with Gasteiger partial charge < -0.3 is 4.90 Å². The number of aliphatic imine (C=N–C) groups is 1. The topological polar surface area (TPSA) is 49.7 Å². The second kappa shape index (κ2) is 7.32. The molecule has 1 fully saturated rings. The second-order valence-corrected chi connectivity index (χ2v) is 10.8. The molecule has 2 aromatic rings. The number of thioether (sulfide) groups is 1. The summed E-state index contributed by atoms with van der Waals surface area (Å²) < 4.78 is 24.3. The van der Waals surface area contributed by atoms with Gasteiger partial charge in [0.1, 0.15) is 0 Å². The van der Waals surface area contributed by atoms with Gasteiger partial charge in [0.15, 0.2) is 15.0 Å². The van der Waals surface area contributed by atoms with Crippen molar-refractivity contribution in [3.8, 4) is 0 Å². The lowest BCUT2D eigenvalue weighted by molar-refractivity contribution is 0.601. The van der Waals surface area contributed by atoms with E-state index < -0.39 is 9.84 Å². The molecule has 2 aromatic carbocycles. The normalized spacial score (nSPS) is 23.4. The van der Waals surface area contributed by atoms with Crippen molar-refractivity contribution in [2.24, 2.45) is 4.99 Å². The molecule has 0 amide bonds. The van der Waals surface area contributed by atoms with E-state index in [-0.39, 0.29) is 23.6 Å². The number of nitrogens with zero attached hydrogens (tertiary/aromatic N) is 2. The Morgan fingerprint density at radius 1 is 1.15 bits per heavy atom. The number of halogens is 2. The Kier molecular flexibility index (Phi) is 5.18. The third kappa shape index (κ3) is 3.99. The van der Waals surface area contributed by atoms with E-state index in [4.69, 9.17) is 28.2 Å². The zero-order valence-corrected chi connectivity index (χ0v) is 17.7. The highest BCUT2D eigenvalue weighted by atomic mass is 35.5. The number of sulfone groups is 1. The van der Waals surface area contributed by atoms with Gasteiger partial charge in [-0.1, -0.05) is 59.2 Å². The Morgan fingerprint density at radius 2 is 1.85 bits per heavy atom. The fourth-order valence-corrected chi connectivity index (χ4v) is 7.09. The summed E-state index contributed by atoms with van der Waals surface area (Å²) in [6, 6.07) is 13.1. The van der Waals surface area contributed by atoms with Crippen LogP contribution in [0.1, 0.15) is 11.1 Å².